The van der Waals surface area contributed by atoms with E-state index in [0.29, 0.717) is 30.2 Å². The number of anilines is 1. The molecule has 2 N–H and O–H groups in total. The van der Waals surface area contributed by atoms with Crippen molar-refractivity contribution in [3.8, 4) is 11.5 Å². The SMILES string of the molecule is COc1ccc(NC(=O)CCNCCCc2ccccc2)c(OC)c1. The summed E-state index contributed by atoms with van der Waals surface area (Å²) in [7, 11) is 3.16. The van der Waals surface area contributed by atoms with Gasteiger partial charge in [0.1, 0.15) is 11.5 Å². The molecule has 1 amide bonds. The van der Waals surface area contributed by atoms with E-state index in [1.165, 1.54) is 5.56 Å². The second kappa shape index (κ2) is 10.4. The average molecular weight is 342 g/mol. The van der Waals surface area contributed by atoms with Gasteiger partial charge in [-0.3, -0.25) is 4.79 Å². The van der Waals surface area contributed by atoms with Gasteiger partial charge < -0.3 is 20.1 Å². The first-order chi connectivity index (χ1) is 12.2. The first kappa shape index (κ1) is 18.8. The van der Waals surface area contributed by atoms with Gasteiger partial charge in [0.25, 0.3) is 0 Å². The Morgan fingerprint density at radius 2 is 1.80 bits per heavy atom. The van der Waals surface area contributed by atoms with Gasteiger partial charge in [0, 0.05) is 19.0 Å². The molecule has 2 aromatic rings. The third-order valence-corrected chi connectivity index (χ3v) is 3.87. The van der Waals surface area contributed by atoms with E-state index in [0.717, 1.165) is 19.4 Å². The average Bonchev–Trinajstić information content (AvgIpc) is 2.65. The molecule has 0 radical (unpaired) electrons. The van der Waals surface area contributed by atoms with Crippen LogP contribution in [0.5, 0.6) is 11.5 Å². The molecule has 0 atom stereocenters. The first-order valence-corrected chi connectivity index (χ1v) is 8.49. The summed E-state index contributed by atoms with van der Waals surface area (Å²) in [6, 6.07) is 15.7. The molecule has 0 aliphatic heterocycles. The lowest BCUT2D eigenvalue weighted by Crippen LogP contribution is -2.23. The predicted molar refractivity (Wildman–Crippen MR) is 100 cm³/mol. The van der Waals surface area contributed by atoms with E-state index in [2.05, 4.69) is 34.9 Å². The van der Waals surface area contributed by atoms with E-state index >= 15 is 0 Å². The molecule has 0 bridgehead atoms. The maximum Gasteiger partial charge on any atom is 0.225 e. The maximum atomic E-state index is 12.1. The van der Waals surface area contributed by atoms with Gasteiger partial charge in [-0.05, 0) is 37.1 Å². The molecule has 5 nitrogen and oxygen atoms in total. The Labute approximate surface area is 149 Å². The summed E-state index contributed by atoms with van der Waals surface area (Å²) in [5, 5.41) is 6.18. The molecule has 0 aliphatic carbocycles. The number of carbonyl (C=O) groups is 1. The molecule has 0 aromatic heterocycles. The molecular weight excluding hydrogens is 316 g/mol. The van der Waals surface area contributed by atoms with Gasteiger partial charge in [-0.2, -0.15) is 0 Å². The number of ether oxygens (including phenoxy) is 2. The van der Waals surface area contributed by atoms with Crippen molar-refractivity contribution in [1.82, 2.24) is 5.32 Å². The number of benzene rings is 2. The number of aryl methyl sites for hydroxylation is 1. The van der Waals surface area contributed by atoms with Gasteiger partial charge in [0.2, 0.25) is 5.91 Å². The Kier molecular flexibility index (Phi) is 7.79. The predicted octanol–water partition coefficient (Wildman–Crippen LogP) is 3.25. The third kappa shape index (κ3) is 6.47. The summed E-state index contributed by atoms with van der Waals surface area (Å²) >= 11 is 0. The van der Waals surface area contributed by atoms with Crippen LogP contribution in [-0.4, -0.2) is 33.2 Å². The van der Waals surface area contributed by atoms with Gasteiger partial charge in [0.05, 0.1) is 19.9 Å². The molecule has 0 fully saturated rings. The monoisotopic (exact) mass is 342 g/mol. The van der Waals surface area contributed by atoms with Gasteiger partial charge in [-0.25, -0.2) is 0 Å². The zero-order chi connectivity index (χ0) is 17.9. The highest BCUT2D eigenvalue weighted by atomic mass is 16.5. The summed E-state index contributed by atoms with van der Waals surface area (Å²) in [4.78, 5) is 12.1. The number of amides is 1. The van der Waals surface area contributed by atoms with Crippen molar-refractivity contribution in [2.24, 2.45) is 0 Å². The van der Waals surface area contributed by atoms with Gasteiger partial charge >= 0.3 is 0 Å². The lowest BCUT2D eigenvalue weighted by Gasteiger charge is -2.12. The van der Waals surface area contributed by atoms with E-state index in [1.807, 2.05) is 6.07 Å². The smallest absolute Gasteiger partial charge is 0.225 e. The molecule has 0 unspecified atom stereocenters. The fraction of sp³-hybridized carbons (Fsp3) is 0.350. The van der Waals surface area contributed by atoms with Gasteiger partial charge in [-0.1, -0.05) is 30.3 Å². The Morgan fingerprint density at radius 1 is 1.00 bits per heavy atom. The van der Waals surface area contributed by atoms with E-state index < -0.39 is 0 Å². The van der Waals surface area contributed by atoms with E-state index in [4.69, 9.17) is 9.47 Å². The number of rotatable bonds is 10. The maximum absolute atomic E-state index is 12.1. The van der Waals surface area contributed by atoms with Crippen molar-refractivity contribution in [3.05, 3.63) is 54.1 Å². The molecule has 0 saturated carbocycles. The molecule has 0 heterocycles. The molecule has 134 valence electrons. The second-order valence-corrected chi connectivity index (χ2v) is 5.70. The summed E-state index contributed by atoms with van der Waals surface area (Å²) in [5.41, 5.74) is 1.99. The highest BCUT2D eigenvalue weighted by Gasteiger charge is 2.08. The Balaban J connectivity index is 1.65. The molecule has 0 aliphatic rings. The van der Waals surface area contributed by atoms with Crippen LogP contribution in [-0.2, 0) is 11.2 Å². The van der Waals surface area contributed by atoms with Gasteiger partial charge in [-0.15, -0.1) is 0 Å². The lowest BCUT2D eigenvalue weighted by atomic mass is 10.1. The number of methoxy groups -OCH3 is 2. The van der Waals surface area contributed by atoms with Crippen molar-refractivity contribution in [3.63, 3.8) is 0 Å². The van der Waals surface area contributed by atoms with Crippen molar-refractivity contribution < 1.29 is 14.3 Å². The van der Waals surface area contributed by atoms with Crippen molar-refractivity contribution in [1.29, 1.82) is 0 Å². The summed E-state index contributed by atoms with van der Waals surface area (Å²) in [6.45, 7) is 1.55. The molecule has 2 rings (SSSR count). The van der Waals surface area contributed by atoms with Crippen LogP contribution in [0.25, 0.3) is 0 Å². The first-order valence-electron chi connectivity index (χ1n) is 8.49. The fourth-order valence-corrected chi connectivity index (χ4v) is 2.50. The highest BCUT2D eigenvalue weighted by Crippen LogP contribution is 2.28. The largest absolute Gasteiger partial charge is 0.497 e. The Morgan fingerprint density at radius 3 is 2.52 bits per heavy atom. The van der Waals surface area contributed by atoms with Crippen molar-refractivity contribution in [2.75, 3.05) is 32.6 Å². The van der Waals surface area contributed by atoms with E-state index in [9.17, 15) is 4.79 Å². The van der Waals surface area contributed by atoms with Crippen molar-refractivity contribution >= 4 is 11.6 Å². The Bertz CT molecular complexity index is 659. The topological polar surface area (TPSA) is 59.6 Å². The number of nitrogens with one attached hydrogen (secondary N) is 2. The molecule has 5 heteroatoms. The third-order valence-electron chi connectivity index (χ3n) is 3.87. The van der Waals surface area contributed by atoms with Crippen LogP contribution in [0.3, 0.4) is 0 Å². The normalized spacial score (nSPS) is 10.3. The number of carbonyl (C=O) groups excluding carboxylic acids is 1. The standard InChI is InChI=1S/C20H26N2O3/c1-24-17-10-11-18(19(15-17)25-2)22-20(23)12-14-21-13-6-9-16-7-4-3-5-8-16/h3-5,7-8,10-11,15,21H,6,9,12-14H2,1-2H3,(H,22,23). The summed E-state index contributed by atoms with van der Waals surface area (Å²) in [5.74, 6) is 1.23. The minimum Gasteiger partial charge on any atom is -0.497 e. The van der Waals surface area contributed by atoms with Crippen LogP contribution < -0.4 is 20.1 Å². The zero-order valence-corrected chi connectivity index (χ0v) is 14.9. The minimum absolute atomic E-state index is 0.0426. The fourth-order valence-electron chi connectivity index (χ4n) is 2.50. The van der Waals surface area contributed by atoms with E-state index in [1.54, 1.807) is 32.4 Å². The number of hydrogen-bond donors (Lipinski definition) is 2. The Hall–Kier alpha value is -2.53. The molecule has 25 heavy (non-hydrogen) atoms. The van der Waals surface area contributed by atoms with Crippen LogP contribution >= 0.6 is 0 Å². The van der Waals surface area contributed by atoms with Crippen LogP contribution in [0.4, 0.5) is 5.69 Å². The lowest BCUT2D eigenvalue weighted by molar-refractivity contribution is -0.116. The van der Waals surface area contributed by atoms with Crippen LogP contribution in [0.15, 0.2) is 48.5 Å². The van der Waals surface area contributed by atoms with E-state index in [-0.39, 0.29) is 5.91 Å². The van der Waals surface area contributed by atoms with Crippen LogP contribution in [0, 0.1) is 0 Å². The molecule has 2 aromatic carbocycles. The summed E-state index contributed by atoms with van der Waals surface area (Å²) in [6.07, 6.45) is 2.52. The van der Waals surface area contributed by atoms with Crippen molar-refractivity contribution in [2.45, 2.75) is 19.3 Å². The quantitative estimate of drug-likeness (QED) is 0.651. The van der Waals surface area contributed by atoms with Gasteiger partial charge in [0.15, 0.2) is 0 Å². The van der Waals surface area contributed by atoms with Crippen LogP contribution in [0.2, 0.25) is 0 Å². The molecule has 0 spiro atoms. The molecule has 0 saturated heterocycles. The molecular formula is C20H26N2O3. The van der Waals surface area contributed by atoms with Crippen LogP contribution in [0.1, 0.15) is 18.4 Å². The zero-order valence-electron chi connectivity index (χ0n) is 14.9. The second-order valence-electron chi connectivity index (χ2n) is 5.70. The minimum atomic E-state index is -0.0426. The highest BCUT2D eigenvalue weighted by molar-refractivity contribution is 5.92. The summed E-state index contributed by atoms with van der Waals surface area (Å²) < 4.78 is 10.4. The number of hydrogen-bond acceptors (Lipinski definition) is 4.